The van der Waals surface area contributed by atoms with Crippen molar-refractivity contribution in [3.63, 3.8) is 0 Å². The molecule has 0 fully saturated rings. The second-order valence-electron chi connectivity index (χ2n) is 4.29. The van der Waals surface area contributed by atoms with Gasteiger partial charge in [0.05, 0.1) is 0 Å². The van der Waals surface area contributed by atoms with Crippen LogP contribution < -0.4 is 10.1 Å². The van der Waals surface area contributed by atoms with E-state index >= 15 is 0 Å². The molecule has 20 heavy (non-hydrogen) atoms. The fraction of sp³-hybridized carbons (Fsp3) is 0.250. The summed E-state index contributed by atoms with van der Waals surface area (Å²) in [5.74, 6) is 1.62. The molecule has 4 heteroatoms. The van der Waals surface area contributed by atoms with E-state index in [9.17, 15) is 0 Å². The number of hydrogen-bond donors (Lipinski definition) is 1. The number of rotatable bonds is 6. The normalized spacial score (nSPS) is 10.6. The zero-order valence-corrected chi connectivity index (χ0v) is 13.2. The van der Waals surface area contributed by atoms with Crippen LogP contribution in [0.1, 0.15) is 12.5 Å². The number of para-hydroxylation sites is 1. The fourth-order valence-electron chi connectivity index (χ4n) is 1.82. The Morgan fingerprint density at radius 1 is 1.20 bits per heavy atom. The Balaban J connectivity index is 2.16. The average molecular weight is 308 g/mol. The van der Waals surface area contributed by atoms with Crippen LogP contribution in [-0.4, -0.2) is 12.8 Å². The second-order valence-corrected chi connectivity index (χ2v) is 5.54. The number of ether oxygens (including phenoxy) is 1. The molecule has 1 N–H and O–H groups in total. The predicted molar refractivity (Wildman–Crippen MR) is 87.1 cm³/mol. The van der Waals surface area contributed by atoms with Crippen molar-refractivity contribution in [1.82, 2.24) is 5.32 Å². The lowest BCUT2D eigenvalue weighted by atomic mass is 10.2. The molecule has 0 aliphatic carbocycles. The van der Waals surface area contributed by atoms with Gasteiger partial charge in [-0.25, -0.2) is 0 Å². The molecule has 0 aromatic heterocycles. The van der Waals surface area contributed by atoms with Crippen LogP contribution in [0, 0.1) is 0 Å². The van der Waals surface area contributed by atoms with E-state index in [2.05, 4.69) is 12.2 Å². The topological polar surface area (TPSA) is 21.3 Å². The Hall–Kier alpha value is -1.16. The standard InChI is InChI=1S/C16H18ClNOS/c1-3-18-11-12-8-9-13(10-14(12)17)19-15-6-4-5-7-16(15)20-2/h4-10,18H,3,11H2,1-2H3. The molecule has 0 atom stereocenters. The third-order valence-corrected chi connectivity index (χ3v) is 4.02. The molecule has 0 bridgehead atoms. The van der Waals surface area contributed by atoms with Gasteiger partial charge in [-0.3, -0.25) is 0 Å². The van der Waals surface area contributed by atoms with Crippen LogP contribution in [0.4, 0.5) is 0 Å². The summed E-state index contributed by atoms with van der Waals surface area (Å²) >= 11 is 7.94. The SMILES string of the molecule is CCNCc1ccc(Oc2ccccc2SC)cc1Cl. The smallest absolute Gasteiger partial charge is 0.140 e. The highest BCUT2D eigenvalue weighted by Crippen LogP contribution is 2.32. The van der Waals surface area contributed by atoms with Crippen LogP contribution in [0.3, 0.4) is 0 Å². The number of thioether (sulfide) groups is 1. The van der Waals surface area contributed by atoms with E-state index in [0.717, 1.165) is 40.1 Å². The van der Waals surface area contributed by atoms with E-state index in [1.807, 2.05) is 48.7 Å². The van der Waals surface area contributed by atoms with Crippen molar-refractivity contribution in [3.05, 3.63) is 53.1 Å². The van der Waals surface area contributed by atoms with Crippen molar-refractivity contribution in [2.45, 2.75) is 18.4 Å². The second kappa shape index (κ2) is 7.58. The lowest BCUT2D eigenvalue weighted by Crippen LogP contribution is -2.11. The number of nitrogens with one attached hydrogen (secondary N) is 1. The van der Waals surface area contributed by atoms with Gasteiger partial charge in [0, 0.05) is 16.5 Å². The molecule has 0 heterocycles. The molecule has 0 aliphatic heterocycles. The van der Waals surface area contributed by atoms with Gasteiger partial charge in [0.2, 0.25) is 0 Å². The lowest BCUT2D eigenvalue weighted by Gasteiger charge is -2.11. The molecule has 0 spiro atoms. The predicted octanol–water partition coefficient (Wildman–Crippen LogP) is 4.96. The summed E-state index contributed by atoms with van der Waals surface area (Å²) in [6.07, 6.45) is 2.04. The molecule has 2 aromatic carbocycles. The molecule has 0 aliphatic rings. The van der Waals surface area contributed by atoms with E-state index in [1.54, 1.807) is 11.8 Å². The largest absolute Gasteiger partial charge is 0.456 e. The summed E-state index contributed by atoms with van der Waals surface area (Å²) in [7, 11) is 0. The van der Waals surface area contributed by atoms with E-state index in [1.165, 1.54) is 0 Å². The van der Waals surface area contributed by atoms with Crippen molar-refractivity contribution >= 4 is 23.4 Å². The van der Waals surface area contributed by atoms with E-state index < -0.39 is 0 Å². The lowest BCUT2D eigenvalue weighted by molar-refractivity contribution is 0.471. The van der Waals surface area contributed by atoms with Crippen molar-refractivity contribution in [2.24, 2.45) is 0 Å². The summed E-state index contributed by atoms with van der Waals surface area (Å²) in [5.41, 5.74) is 1.08. The first kappa shape index (κ1) is 15.2. The van der Waals surface area contributed by atoms with Gasteiger partial charge in [-0.05, 0) is 42.6 Å². The summed E-state index contributed by atoms with van der Waals surface area (Å²) in [6, 6.07) is 13.8. The van der Waals surface area contributed by atoms with Crippen molar-refractivity contribution in [1.29, 1.82) is 0 Å². The van der Waals surface area contributed by atoms with Gasteiger partial charge in [-0.1, -0.05) is 36.7 Å². The van der Waals surface area contributed by atoms with E-state index in [4.69, 9.17) is 16.3 Å². The Bertz CT molecular complexity index is 574. The Kier molecular flexibility index (Phi) is 5.77. The third kappa shape index (κ3) is 3.92. The highest BCUT2D eigenvalue weighted by molar-refractivity contribution is 7.98. The van der Waals surface area contributed by atoms with Gasteiger partial charge < -0.3 is 10.1 Å². The minimum Gasteiger partial charge on any atom is -0.456 e. The Morgan fingerprint density at radius 2 is 2.00 bits per heavy atom. The molecular formula is C16H18ClNOS. The van der Waals surface area contributed by atoms with E-state index in [0.29, 0.717) is 0 Å². The minimum atomic E-state index is 0.727. The quantitative estimate of drug-likeness (QED) is 0.762. The van der Waals surface area contributed by atoms with E-state index in [-0.39, 0.29) is 0 Å². The van der Waals surface area contributed by atoms with Crippen LogP contribution in [-0.2, 0) is 6.54 Å². The molecule has 2 nitrogen and oxygen atoms in total. The van der Waals surface area contributed by atoms with Crippen LogP contribution in [0.2, 0.25) is 5.02 Å². The maximum absolute atomic E-state index is 6.28. The first-order valence-corrected chi connectivity index (χ1v) is 8.15. The van der Waals surface area contributed by atoms with Crippen LogP contribution in [0.25, 0.3) is 0 Å². The summed E-state index contributed by atoms with van der Waals surface area (Å²) in [6.45, 7) is 3.78. The summed E-state index contributed by atoms with van der Waals surface area (Å²) < 4.78 is 5.91. The van der Waals surface area contributed by atoms with Crippen LogP contribution in [0.15, 0.2) is 47.4 Å². The van der Waals surface area contributed by atoms with Crippen molar-refractivity contribution < 1.29 is 4.74 Å². The highest BCUT2D eigenvalue weighted by Gasteiger charge is 2.06. The molecular weight excluding hydrogens is 290 g/mol. The summed E-state index contributed by atoms with van der Waals surface area (Å²) in [4.78, 5) is 1.11. The number of halogens is 1. The van der Waals surface area contributed by atoms with Gasteiger partial charge in [-0.2, -0.15) is 0 Å². The van der Waals surface area contributed by atoms with Crippen LogP contribution in [0.5, 0.6) is 11.5 Å². The molecule has 0 amide bonds. The maximum atomic E-state index is 6.28. The van der Waals surface area contributed by atoms with Gasteiger partial charge in [-0.15, -0.1) is 11.8 Å². The Labute approximate surface area is 129 Å². The minimum absolute atomic E-state index is 0.727. The number of hydrogen-bond acceptors (Lipinski definition) is 3. The zero-order valence-electron chi connectivity index (χ0n) is 11.7. The molecule has 0 saturated carbocycles. The number of benzene rings is 2. The van der Waals surface area contributed by atoms with Crippen LogP contribution >= 0.6 is 23.4 Å². The van der Waals surface area contributed by atoms with Gasteiger partial charge >= 0.3 is 0 Å². The zero-order chi connectivity index (χ0) is 14.4. The highest BCUT2D eigenvalue weighted by atomic mass is 35.5. The monoisotopic (exact) mass is 307 g/mol. The maximum Gasteiger partial charge on any atom is 0.140 e. The average Bonchev–Trinajstić information content (AvgIpc) is 2.47. The molecule has 0 unspecified atom stereocenters. The summed E-state index contributed by atoms with van der Waals surface area (Å²) in [5, 5.41) is 3.99. The molecule has 0 saturated heterocycles. The Morgan fingerprint density at radius 3 is 2.70 bits per heavy atom. The van der Waals surface area contributed by atoms with Crippen molar-refractivity contribution in [3.8, 4) is 11.5 Å². The first-order chi connectivity index (χ1) is 9.74. The molecule has 106 valence electrons. The molecule has 0 radical (unpaired) electrons. The first-order valence-electron chi connectivity index (χ1n) is 6.54. The fourth-order valence-corrected chi connectivity index (χ4v) is 2.59. The molecule has 2 aromatic rings. The van der Waals surface area contributed by atoms with Crippen molar-refractivity contribution in [2.75, 3.05) is 12.8 Å². The molecule has 2 rings (SSSR count). The van der Waals surface area contributed by atoms with Gasteiger partial charge in [0.25, 0.3) is 0 Å². The van der Waals surface area contributed by atoms with Gasteiger partial charge in [0.15, 0.2) is 0 Å². The third-order valence-electron chi connectivity index (χ3n) is 2.89. The van der Waals surface area contributed by atoms with Gasteiger partial charge in [0.1, 0.15) is 11.5 Å².